The highest BCUT2D eigenvalue weighted by Crippen LogP contribution is 2.22. The number of para-hydroxylation sites is 1. The fourth-order valence-electron chi connectivity index (χ4n) is 2.13. The van der Waals surface area contributed by atoms with Gasteiger partial charge in [0.1, 0.15) is 12.1 Å². The van der Waals surface area contributed by atoms with E-state index in [0.717, 1.165) is 16.9 Å². The molecule has 3 rings (SSSR count). The molecule has 3 aromatic rings. The maximum atomic E-state index is 11.7. The fourth-order valence-corrected chi connectivity index (χ4v) is 2.44. The molecule has 114 valence electrons. The average molecular weight is 416 g/mol. The van der Waals surface area contributed by atoms with E-state index in [2.05, 4.69) is 18.8 Å². The Morgan fingerprint density at radius 1 is 0.957 bits per heavy atom. The Kier molecular flexibility index (Phi) is 4.82. The fraction of sp³-hybridized carbons (Fsp3) is 0. The summed E-state index contributed by atoms with van der Waals surface area (Å²) in [5.41, 5.74) is 3.16. The number of halogens is 1. The molecule has 0 spiro atoms. The van der Waals surface area contributed by atoms with Crippen LogP contribution in [-0.4, -0.2) is 15.9 Å². The van der Waals surface area contributed by atoms with E-state index in [1.807, 2.05) is 77.5 Å². The number of nitrogens with zero attached hydrogens (tertiary/aromatic N) is 2. The first-order valence-corrected chi connectivity index (χ1v) is 7.99. The van der Waals surface area contributed by atoms with Crippen LogP contribution in [-0.2, 0) is 0 Å². The lowest BCUT2D eigenvalue weighted by atomic mass is 10.1. The van der Waals surface area contributed by atoms with Crippen molar-refractivity contribution in [1.29, 1.82) is 0 Å². The molecule has 2 N–H and O–H groups in total. The van der Waals surface area contributed by atoms with Crippen LogP contribution in [0.1, 0.15) is 10.4 Å². The summed E-state index contributed by atoms with van der Waals surface area (Å²) >= 11 is 1.83. The monoisotopic (exact) mass is 416 g/mol. The van der Waals surface area contributed by atoms with Crippen LogP contribution >= 0.6 is 22.9 Å². The molecule has 6 heteroatoms. The summed E-state index contributed by atoms with van der Waals surface area (Å²) in [6.45, 7) is 0. The van der Waals surface area contributed by atoms with Crippen molar-refractivity contribution in [2.75, 3.05) is 5.32 Å². The maximum Gasteiger partial charge on any atom is 0.259 e. The molecule has 0 bridgehead atoms. The second-order valence-corrected chi connectivity index (χ2v) is 5.32. The van der Waals surface area contributed by atoms with Gasteiger partial charge in [0, 0.05) is 22.9 Å². The highest BCUT2D eigenvalue weighted by molar-refractivity contribution is 14.1. The number of amides is 1. The van der Waals surface area contributed by atoms with Crippen LogP contribution in [0, 0.1) is 0 Å². The van der Waals surface area contributed by atoms with E-state index in [4.69, 9.17) is 0 Å². The van der Waals surface area contributed by atoms with Crippen molar-refractivity contribution in [3.63, 3.8) is 0 Å². The van der Waals surface area contributed by atoms with E-state index in [9.17, 15) is 4.79 Å². The molecule has 1 amide bonds. The standard InChI is InChI=1S/C17H13IN4O/c18-22-17(23)13-6-4-5-12(9-13)15-10-16(20-11-19-15)21-14-7-2-1-3-8-14/h1-11H,(H,22,23)(H,19,20,21). The lowest BCUT2D eigenvalue weighted by Crippen LogP contribution is -2.11. The zero-order valence-electron chi connectivity index (χ0n) is 12.0. The van der Waals surface area contributed by atoms with Crippen molar-refractivity contribution >= 4 is 40.3 Å². The number of anilines is 2. The Morgan fingerprint density at radius 2 is 1.78 bits per heavy atom. The second kappa shape index (κ2) is 7.19. The quantitative estimate of drug-likeness (QED) is 0.499. The van der Waals surface area contributed by atoms with Crippen molar-refractivity contribution in [3.8, 4) is 11.3 Å². The molecule has 23 heavy (non-hydrogen) atoms. The Morgan fingerprint density at radius 3 is 2.57 bits per heavy atom. The van der Waals surface area contributed by atoms with Crippen molar-refractivity contribution < 1.29 is 4.79 Å². The first-order valence-electron chi connectivity index (χ1n) is 6.92. The van der Waals surface area contributed by atoms with Gasteiger partial charge >= 0.3 is 0 Å². The lowest BCUT2D eigenvalue weighted by Gasteiger charge is -2.07. The number of carbonyl (C=O) groups excluding carboxylic acids is 1. The van der Waals surface area contributed by atoms with E-state index >= 15 is 0 Å². The molecular formula is C17H13IN4O. The van der Waals surface area contributed by atoms with Crippen LogP contribution in [0.2, 0.25) is 0 Å². The van der Waals surface area contributed by atoms with Crippen LogP contribution in [0.25, 0.3) is 11.3 Å². The molecule has 0 saturated carbocycles. The van der Waals surface area contributed by atoms with Crippen molar-refractivity contribution in [2.24, 2.45) is 0 Å². The van der Waals surface area contributed by atoms with E-state index < -0.39 is 0 Å². The third-order valence-electron chi connectivity index (χ3n) is 3.22. The van der Waals surface area contributed by atoms with Gasteiger partial charge in [0.15, 0.2) is 0 Å². The van der Waals surface area contributed by atoms with E-state index in [1.165, 1.54) is 6.33 Å². The molecule has 0 aliphatic carbocycles. The van der Waals surface area contributed by atoms with Gasteiger partial charge in [0.05, 0.1) is 28.6 Å². The van der Waals surface area contributed by atoms with Crippen LogP contribution < -0.4 is 8.85 Å². The van der Waals surface area contributed by atoms with Gasteiger partial charge in [-0.25, -0.2) is 9.97 Å². The predicted octanol–water partition coefficient (Wildman–Crippen LogP) is 3.97. The summed E-state index contributed by atoms with van der Waals surface area (Å²) in [6.07, 6.45) is 1.51. The number of carbonyl (C=O) groups is 1. The number of aromatic nitrogens is 2. The number of hydrogen-bond donors (Lipinski definition) is 2. The largest absolute Gasteiger partial charge is 0.340 e. The third kappa shape index (κ3) is 3.84. The lowest BCUT2D eigenvalue weighted by molar-refractivity contribution is 0.0989. The smallest absolute Gasteiger partial charge is 0.259 e. The van der Waals surface area contributed by atoms with Crippen LogP contribution in [0.5, 0.6) is 0 Å². The van der Waals surface area contributed by atoms with Crippen molar-refractivity contribution in [2.45, 2.75) is 0 Å². The van der Waals surface area contributed by atoms with E-state index in [-0.39, 0.29) is 5.91 Å². The Bertz CT molecular complexity index is 824. The first kappa shape index (κ1) is 15.4. The zero-order valence-corrected chi connectivity index (χ0v) is 14.2. The van der Waals surface area contributed by atoms with Crippen molar-refractivity contribution in [1.82, 2.24) is 13.5 Å². The van der Waals surface area contributed by atoms with Gasteiger partial charge in [-0.2, -0.15) is 0 Å². The molecule has 1 aromatic heterocycles. The highest BCUT2D eigenvalue weighted by atomic mass is 127. The number of hydrogen-bond acceptors (Lipinski definition) is 4. The van der Waals surface area contributed by atoms with Gasteiger partial charge in [-0.05, 0) is 24.3 Å². The van der Waals surface area contributed by atoms with Crippen LogP contribution in [0.4, 0.5) is 11.5 Å². The van der Waals surface area contributed by atoms with Gasteiger partial charge in [-0.1, -0.05) is 30.3 Å². The summed E-state index contributed by atoms with van der Waals surface area (Å²) in [5, 5.41) is 3.23. The van der Waals surface area contributed by atoms with Gasteiger partial charge in [0.25, 0.3) is 5.91 Å². The first-order chi connectivity index (χ1) is 11.3. The normalized spacial score (nSPS) is 10.1. The maximum absolute atomic E-state index is 11.7. The summed E-state index contributed by atoms with van der Waals surface area (Å²) in [6, 6.07) is 19.0. The van der Waals surface area contributed by atoms with Gasteiger partial charge < -0.3 is 5.32 Å². The minimum absolute atomic E-state index is 0.135. The summed E-state index contributed by atoms with van der Waals surface area (Å²) < 4.78 is 2.59. The van der Waals surface area contributed by atoms with E-state index in [1.54, 1.807) is 6.07 Å². The second-order valence-electron chi connectivity index (χ2n) is 4.78. The molecule has 0 saturated heterocycles. The third-order valence-corrected chi connectivity index (χ3v) is 3.71. The van der Waals surface area contributed by atoms with Gasteiger partial charge in [0.2, 0.25) is 0 Å². The Labute approximate surface area is 147 Å². The molecule has 0 atom stereocenters. The number of rotatable bonds is 4. The van der Waals surface area contributed by atoms with Crippen LogP contribution in [0.15, 0.2) is 67.0 Å². The molecule has 5 nitrogen and oxygen atoms in total. The van der Waals surface area contributed by atoms with Crippen LogP contribution in [0.3, 0.4) is 0 Å². The van der Waals surface area contributed by atoms with Crippen molar-refractivity contribution in [3.05, 3.63) is 72.6 Å². The molecule has 0 aliphatic heterocycles. The average Bonchev–Trinajstić information content (AvgIpc) is 2.62. The summed E-state index contributed by atoms with van der Waals surface area (Å²) in [4.78, 5) is 20.3. The highest BCUT2D eigenvalue weighted by Gasteiger charge is 2.07. The van der Waals surface area contributed by atoms with Gasteiger partial charge in [-0.15, -0.1) is 0 Å². The molecule has 0 unspecified atom stereocenters. The molecule has 0 radical (unpaired) electrons. The molecule has 0 fully saturated rings. The Hall–Kier alpha value is -2.48. The summed E-state index contributed by atoms with van der Waals surface area (Å²) in [7, 11) is 0. The molecule has 0 aliphatic rings. The topological polar surface area (TPSA) is 66.9 Å². The molecule has 2 aromatic carbocycles. The minimum atomic E-state index is -0.135. The zero-order chi connectivity index (χ0) is 16.1. The number of nitrogens with one attached hydrogen (secondary N) is 2. The minimum Gasteiger partial charge on any atom is -0.340 e. The summed E-state index contributed by atoms with van der Waals surface area (Å²) in [5.74, 6) is 0.564. The predicted molar refractivity (Wildman–Crippen MR) is 98.7 cm³/mol. The molecular weight excluding hydrogens is 403 g/mol. The molecule has 1 heterocycles. The SMILES string of the molecule is O=C(NI)c1cccc(-c2cc(Nc3ccccc3)ncn2)c1. The van der Waals surface area contributed by atoms with E-state index in [0.29, 0.717) is 11.4 Å². The number of benzene rings is 2. The Balaban J connectivity index is 1.89. The van der Waals surface area contributed by atoms with Gasteiger partial charge in [-0.3, -0.25) is 8.32 Å².